The molecule has 2 N–H and O–H groups in total. The fourth-order valence-electron chi connectivity index (χ4n) is 1.39. The molecule has 1 aliphatic carbocycles. The number of hydrogen-bond donors (Lipinski definition) is 2. The second-order valence-corrected chi connectivity index (χ2v) is 5.69. The molecular formula is C12H14N2O2S. The Bertz CT molecular complexity index is 525. The van der Waals surface area contributed by atoms with Crippen molar-refractivity contribution in [1.29, 1.82) is 0 Å². The number of rotatable bonds is 5. The lowest BCUT2D eigenvalue weighted by molar-refractivity contribution is 0.581. The van der Waals surface area contributed by atoms with E-state index in [4.69, 9.17) is 6.42 Å². The van der Waals surface area contributed by atoms with Gasteiger partial charge in [0.15, 0.2) is 0 Å². The molecule has 0 aliphatic heterocycles. The highest BCUT2D eigenvalue weighted by atomic mass is 32.2. The third-order valence-electron chi connectivity index (χ3n) is 2.46. The molecule has 4 nitrogen and oxygen atoms in total. The zero-order chi connectivity index (χ0) is 12.3. The van der Waals surface area contributed by atoms with E-state index in [-0.39, 0.29) is 10.9 Å². The molecule has 0 spiro atoms. The lowest BCUT2D eigenvalue weighted by Crippen LogP contribution is -2.25. The summed E-state index contributed by atoms with van der Waals surface area (Å²) in [5, 5.41) is 2.97. The predicted molar refractivity (Wildman–Crippen MR) is 67.1 cm³/mol. The van der Waals surface area contributed by atoms with Gasteiger partial charge in [-0.1, -0.05) is 5.92 Å². The first-order valence-electron chi connectivity index (χ1n) is 5.41. The standard InChI is InChI=1S/C12H14N2O2S/c1-2-9-13-10-5-7-12(8-6-10)17(15,16)14-11-3-4-11/h1,5-8,11,13-14H,3-4,9H2. The van der Waals surface area contributed by atoms with Crippen LogP contribution in [-0.2, 0) is 10.0 Å². The Morgan fingerprint density at radius 1 is 1.29 bits per heavy atom. The van der Waals surface area contributed by atoms with Crippen LogP contribution in [0.3, 0.4) is 0 Å². The van der Waals surface area contributed by atoms with E-state index in [1.165, 1.54) is 0 Å². The van der Waals surface area contributed by atoms with Gasteiger partial charge in [0.25, 0.3) is 0 Å². The van der Waals surface area contributed by atoms with Gasteiger partial charge in [0.2, 0.25) is 10.0 Å². The minimum absolute atomic E-state index is 0.124. The van der Waals surface area contributed by atoms with Gasteiger partial charge in [0.05, 0.1) is 11.4 Å². The maximum atomic E-state index is 11.8. The maximum Gasteiger partial charge on any atom is 0.240 e. The van der Waals surface area contributed by atoms with Crippen LogP contribution in [0, 0.1) is 12.3 Å². The molecule has 0 amide bonds. The Morgan fingerprint density at radius 3 is 2.47 bits per heavy atom. The van der Waals surface area contributed by atoms with E-state index in [1.54, 1.807) is 24.3 Å². The normalized spacial score (nSPS) is 15.2. The number of anilines is 1. The SMILES string of the molecule is C#CCNc1ccc(S(=O)(=O)NC2CC2)cc1. The molecule has 0 bridgehead atoms. The number of terminal acetylenes is 1. The molecule has 17 heavy (non-hydrogen) atoms. The third-order valence-corrected chi connectivity index (χ3v) is 3.99. The van der Waals surface area contributed by atoms with Crippen molar-refractivity contribution in [2.75, 3.05) is 11.9 Å². The van der Waals surface area contributed by atoms with Crippen LogP contribution < -0.4 is 10.0 Å². The van der Waals surface area contributed by atoms with Crippen molar-refractivity contribution in [3.05, 3.63) is 24.3 Å². The molecule has 90 valence electrons. The average molecular weight is 250 g/mol. The van der Waals surface area contributed by atoms with Gasteiger partial charge in [-0.2, -0.15) is 0 Å². The van der Waals surface area contributed by atoms with Gasteiger partial charge >= 0.3 is 0 Å². The van der Waals surface area contributed by atoms with Gasteiger partial charge < -0.3 is 5.32 Å². The van der Waals surface area contributed by atoms with Crippen molar-refractivity contribution in [3.8, 4) is 12.3 Å². The first kappa shape index (κ1) is 12.0. The predicted octanol–water partition coefficient (Wildman–Crippen LogP) is 1.17. The Labute approximate surface area is 101 Å². The van der Waals surface area contributed by atoms with Gasteiger partial charge in [-0.05, 0) is 37.1 Å². The first-order chi connectivity index (χ1) is 8.12. The van der Waals surface area contributed by atoms with Crippen molar-refractivity contribution >= 4 is 15.7 Å². The Hall–Kier alpha value is -1.51. The van der Waals surface area contributed by atoms with Crippen molar-refractivity contribution in [3.63, 3.8) is 0 Å². The molecule has 1 fully saturated rings. The average Bonchev–Trinajstić information content (AvgIpc) is 3.10. The summed E-state index contributed by atoms with van der Waals surface area (Å²) in [6.07, 6.45) is 6.98. The summed E-state index contributed by atoms with van der Waals surface area (Å²) < 4.78 is 26.3. The fourth-order valence-corrected chi connectivity index (χ4v) is 2.70. The zero-order valence-electron chi connectivity index (χ0n) is 9.31. The van der Waals surface area contributed by atoms with Crippen LogP contribution in [0.15, 0.2) is 29.2 Å². The van der Waals surface area contributed by atoms with Crippen molar-refractivity contribution < 1.29 is 8.42 Å². The molecule has 0 saturated heterocycles. The minimum Gasteiger partial charge on any atom is -0.374 e. The summed E-state index contributed by atoms with van der Waals surface area (Å²) in [5.74, 6) is 2.45. The monoisotopic (exact) mass is 250 g/mol. The second kappa shape index (κ2) is 4.78. The highest BCUT2D eigenvalue weighted by molar-refractivity contribution is 7.89. The van der Waals surface area contributed by atoms with Crippen LogP contribution in [0.1, 0.15) is 12.8 Å². The number of sulfonamides is 1. The smallest absolute Gasteiger partial charge is 0.240 e. The van der Waals surface area contributed by atoms with E-state index in [9.17, 15) is 8.42 Å². The van der Waals surface area contributed by atoms with Gasteiger partial charge in [0, 0.05) is 11.7 Å². The fraction of sp³-hybridized carbons (Fsp3) is 0.333. The Balaban J connectivity index is 2.08. The van der Waals surface area contributed by atoms with E-state index in [1.807, 2.05) is 0 Å². The molecule has 1 aromatic rings. The van der Waals surface area contributed by atoms with Gasteiger partial charge in [-0.3, -0.25) is 0 Å². The van der Waals surface area contributed by atoms with Crippen LogP contribution in [0.5, 0.6) is 0 Å². The number of hydrogen-bond acceptors (Lipinski definition) is 3. The molecule has 0 unspecified atom stereocenters. The molecule has 5 heteroatoms. The minimum atomic E-state index is -3.35. The molecule has 1 saturated carbocycles. The van der Waals surface area contributed by atoms with Crippen molar-refractivity contribution in [2.45, 2.75) is 23.8 Å². The molecule has 2 rings (SSSR count). The number of nitrogens with one attached hydrogen (secondary N) is 2. The van der Waals surface area contributed by atoms with E-state index >= 15 is 0 Å². The Morgan fingerprint density at radius 2 is 1.94 bits per heavy atom. The van der Waals surface area contributed by atoms with E-state index in [0.717, 1.165) is 18.5 Å². The molecular weight excluding hydrogens is 236 g/mol. The summed E-state index contributed by atoms with van der Waals surface area (Å²) in [6.45, 7) is 0.423. The van der Waals surface area contributed by atoms with E-state index in [2.05, 4.69) is 16.0 Å². The molecule has 0 heterocycles. The number of benzene rings is 1. The first-order valence-corrected chi connectivity index (χ1v) is 6.90. The summed E-state index contributed by atoms with van der Waals surface area (Å²) >= 11 is 0. The topological polar surface area (TPSA) is 58.2 Å². The van der Waals surface area contributed by atoms with Crippen molar-refractivity contribution in [1.82, 2.24) is 4.72 Å². The van der Waals surface area contributed by atoms with Crippen LogP contribution in [-0.4, -0.2) is 21.0 Å². The highest BCUT2D eigenvalue weighted by Gasteiger charge is 2.27. The van der Waals surface area contributed by atoms with Crippen LogP contribution in [0.2, 0.25) is 0 Å². The second-order valence-electron chi connectivity index (χ2n) is 3.98. The largest absolute Gasteiger partial charge is 0.374 e. The van der Waals surface area contributed by atoms with Gasteiger partial charge in [-0.15, -0.1) is 6.42 Å². The van der Waals surface area contributed by atoms with Gasteiger partial charge in [-0.25, -0.2) is 13.1 Å². The lowest BCUT2D eigenvalue weighted by Gasteiger charge is -2.07. The Kier molecular flexibility index (Phi) is 3.36. The molecule has 0 atom stereocenters. The van der Waals surface area contributed by atoms with Crippen LogP contribution >= 0.6 is 0 Å². The summed E-state index contributed by atoms with van der Waals surface area (Å²) in [5.41, 5.74) is 0.813. The summed E-state index contributed by atoms with van der Waals surface area (Å²) in [4.78, 5) is 0.288. The zero-order valence-corrected chi connectivity index (χ0v) is 10.1. The molecule has 0 aromatic heterocycles. The van der Waals surface area contributed by atoms with Crippen LogP contribution in [0.25, 0.3) is 0 Å². The maximum absolute atomic E-state index is 11.8. The quantitative estimate of drug-likeness (QED) is 0.771. The molecule has 0 radical (unpaired) electrons. The third kappa shape index (κ3) is 3.22. The van der Waals surface area contributed by atoms with Crippen LogP contribution in [0.4, 0.5) is 5.69 Å². The van der Waals surface area contributed by atoms with Gasteiger partial charge in [0.1, 0.15) is 0 Å². The van der Waals surface area contributed by atoms with Crippen molar-refractivity contribution in [2.24, 2.45) is 0 Å². The van der Waals surface area contributed by atoms with E-state index in [0.29, 0.717) is 6.54 Å². The molecule has 1 aliphatic rings. The summed E-state index contributed by atoms with van der Waals surface area (Å²) in [7, 11) is -3.35. The lowest BCUT2D eigenvalue weighted by atomic mass is 10.3. The summed E-state index contributed by atoms with van der Waals surface area (Å²) in [6, 6.07) is 6.68. The highest BCUT2D eigenvalue weighted by Crippen LogP contribution is 2.22. The molecule has 1 aromatic carbocycles. The van der Waals surface area contributed by atoms with E-state index < -0.39 is 10.0 Å².